The molecule has 3 aromatic carbocycles. The summed E-state index contributed by atoms with van der Waals surface area (Å²) in [7, 11) is -8.36. The van der Waals surface area contributed by atoms with Crippen molar-refractivity contribution < 1.29 is 36.0 Å². The summed E-state index contributed by atoms with van der Waals surface area (Å²) in [6.45, 7) is 8.24. The summed E-state index contributed by atoms with van der Waals surface area (Å²) in [5, 5.41) is 15.1. The molecule has 18 heteroatoms. The zero-order valence-corrected chi connectivity index (χ0v) is 37.3. The van der Waals surface area contributed by atoms with Gasteiger partial charge in [-0.2, -0.15) is 0 Å². The molecule has 3 aliphatic rings. The van der Waals surface area contributed by atoms with Gasteiger partial charge in [-0.25, -0.2) is 21.6 Å². The van der Waals surface area contributed by atoms with E-state index in [-0.39, 0.29) is 33.6 Å². The van der Waals surface area contributed by atoms with Gasteiger partial charge in [-0.15, -0.1) is 0 Å². The fourth-order valence-corrected chi connectivity index (χ4v) is 10.5. The number of nitrogens with one attached hydrogen (secondary N) is 2. The van der Waals surface area contributed by atoms with Gasteiger partial charge in [-0.05, 0) is 113 Å². The van der Waals surface area contributed by atoms with Crippen LogP contribution in [-0.4, -0.2) is 88.7 Å². The van der Waals surface area contributed by atoms with Crippen molar-refractivity contribution in [1.82, 2.24) is 14.6 Å². The van der Waals surface area contributed by atoms with E-state index in [1.165, 1.54) is 48.6 Å². The minimum absolute atomic E-state index is 0.0238. The molecule has 0 spiro atoms. The van der Waals surface area contributed by atoms with Gasteiger partial charge >= 0.3 is 0 Å². The van der Waals surface area contributed by atoms with Crippen LogP contribution in [0.5, 0.6) is 11.5 Å². The number of ether oxygens (including phenoxy) is 2. The SMILES string of the molecule is CC(C)S(=O)(=O)c1cncc(Oc2cc(N3CCC(CN4CCCC[C@H]4c4ccc(Cl)cc4)CC3)ccc2C(=O)NS(=O)(=O)c2ccc(NCC3CCOCC3)c([N+](=O)[O-])c2)c1. The van der Waals surface area contributed by atoms with Crippen molar-refractivity contribution in [2.75, 3.05) is 56.2 Å². The van der Waals surface area contributed by atoms with Crippen LogP contribution >= 0.6 is 11.6 Å². The molecule has 1 amide bonds. The first-order valence-corrected chi connectivity index (χ1v) is 24.5. The predicted octanol–water partition coefficient (Wildman–Crippen LogP) is 8.02. The van der Waals surface area contributed by atoms with Crippen molar-refractivity contribution in [3.63, 3.8) is 0 Å². The number of amides is 1. The molecular weight excluding hydrogens is 856 g/mol. The van der Waals surface area contributed by atoms with Crippen LogP contribution in [0.25, 0.3) is 0 Å². The molecule has 3 fully saturated rings. The van der Waals surface area contributed by atoms with Crippen LogP contribution in [0.3, 0.4) is 0 Å². The smallest absolute Gasteiger partial charge is 0.293 e. The van der Waals surface area contributed by atoms with Gasteiger partial charge in [-0.3, -0.25) is 24.8 Å². The van der Waals surface area contributed by atoms with E-state index in [0.29, 0.717) is 31.7 Å². The van der Waals surface area contributed by atoms with Crippen molar-refractivity contribution in [3.8, 4) is 11.5 Å². The van der Waals surface area contributed by atoms with Crippen molar-refractivity contribution in [1.29, 1.82) is 0 Å². The summed E-state index contributed by atoms with van der Waals surface area (Å²) in [5.41, 5.74) is 1.56. The van der Waals surface area contributed by atoms with Crippen LogP contribution < -0.4 is 19.7 Å². The summed E-state index contributed by atoms with van der Waals surface area (Å²) >= 11 is 6.19. The number of nitrogens with zero attached hydrogens (tertiary/aromatic N) is 4. The maximum Gasteiger partial charge on any atom is 0.293 e. The van der Waals surface area contributed by atoms with Crippen molar-refractivity contribution in [2.45, 2.75) is 79.9 Å². The highest BCUT2D eigenvalue weighted by molar-refractivity contribution is 7.92. The van der Waals surface area contributed by atoms with Gasteiger partial charge in [0.05, 0.1) is 31.7 Å². The fourth-order valence-electron chi connectivity index (χ4n) is 8.39. The number of carbonyl (C=O) groups is 1. The Labute approximate surface area is 368 Å². The summed E-state index contributed by atoms with van der Waals surface area (Å²) in [5.74, 6) is -0.344. The molecule has 2 N–H and O–H groups in total. The second-order valence-electron chi connectivity index (χ2n) is 16.5. The molecule has 3 aliphatic heterocycles. The van der Waals surface area contributed by atoms with E-state index < -0.39 is 46.5 Å². The Balaban J connectivity index is 1.10. The van der Waals surface area contributed by atoms with Crippen molar-refractivity contribution in [2.24, 2.45) is 11.8 Å². The lowest BCUT2D eigenvalue weighted by Gasteiger charge is -2.41. The topological polar surface area (TPSA) is 190 Å². The highest BCUT2D eigenvalue weighted by Crippen LogP contribution is 2.37. The molecule has 4 heterocycles. The monoisotopic (exact) mass is 908 g/mol. The maximum absolute atomic E-state index is 13.9. The molecule has 4 aromatic rings. The first kappa shape index (κ1) is 45.2. The minimum Gasteiger partial charge on any atom is -0.455 e. The van der Waals surface area contributed by atoms with E-state index in [2.05, 4.69) is 37.0 Å². The van der Waals surface area contributed by atoms with Gasteiger partial charge in [0, 0.05) is 80.5 Å². The number of hydrogen-bond donors (Lipinski definition) is 2. The number of benzene rings is 3. The number of hydrogen-bond acceptors (Lipinski definition) is 13. The van der Waals surface area contributed by atoms with Crippen molar-refractivity contribution >= 4 is 54.4 Å². The Hall–Kier alpha value is -4.81. The lowest BCUT2D eigenvalue weighted by molar-refractivity contribution is -0.384. The molecule has 3 saturated heterocycles. The number of sulfonamides is 1. The third-order valence-corrected chi connectivity index (χ3v) is 15.7. The van der Waals surface area contributed by atoms with Crippen LogP contribution in [0.1, 0.15) is 80.8 Å². The molecule has 0 bridgehead atoms. The number of nitro benzene ring substituents is 1. The number of rotatable bonds is 15. The molecule has 62 heavy (non-hydrogen) atoms. The summed E-state index contributed by atoms with van der Waals surface area (Å²) in [6.07, 6.45) is 9.43. The predicted molar refractivity (Wildman–Crippen MR) is 237 cm³/mol. The molecule has 0 radical (unpaired) electrons. The third-order valence-electron chi connectivity index (χ3n) is 12.0. The van der Waals surface area contributed by atoms with Gasteiger partial charge in [0.1, 0.15) is 17.2 Å². The molecule has 0 aliphatic carbocycles. The van der Waals surface area contributed by atoms with Crippen molar-refractivity contribution in [3.05, 3.63) is 105 Å². The van der Waals surface area contributed by atoms with Crippen LogP contribution in [0.15, 0.2) is 88.9 Å². The van der Waals surface area contributed by atoms with Gasteiger partial charge < -0.3 is 19.7 Å². The summed E-state index contributed by atoms with van der Waals surface area (Å²) < 4.78 is 67.0. The Morgan fingerprint density at radius 2 is 1.65 bits per heavy atom. The number of likely N-dealkylation sites (tertiary alicyclic amines) is 1. The van der Waals surface area contributed by atoms with Crippen LogP contribution in [0.4, 0.5) is 17.1 Å². The first-order chi connectivity index (χ1) is 29.7. The Bertz CT molecular complexity index is 2460. The van der Waals surface area contributed by atoms with Crippen LogP contribution in [-0.2, 0) is 24.6 Å². The van der Waals surface area contributed by atoms with E-state index in [4.69, 9.17) is 21.1 Å². The number of nitro groups is 1. The number of piperidine rings is 2. The number of pyridine rings is 1. The second-order valence-corrected chi connectivity index (χ2v) is 21.2. The molecular formula is C44H53ClN6O9S2. The number of anilines is 2. The van der Waals surface area contributed by atoms with Crippen LogP contribution in [0, 0.1) is 22.0 Å². The van der Waals surface area contributed by atoms with Gasteiger partial charge in [0.25, 0.3) is 21.6 Å². The van der Waals surface area contributed by atoms with Gasteiger partial charge in [0.2, 0.25) is 0 Å². The second kappa shape index (κ2) is 19.7. The summed E-state index contributed by atoms with van der Waals surface area (Å²) in [4.78, 5) is 33.6. The Morgan fingerprint density at radius 3 is 2.35 bits per heavy atom. The number of aromatic nitrogens is 1. The molecule has 0 unspecified atom stereocenters. The number of sulfone groups is 1. The zero-order valence-electron chi connectivity index (χ0n) is 34.9. The van der Waals surface area contributed by atoms with E-state index in [1.54, 1.807) is 26.0 Å². The summed E-state index contributed by atoms with van der Waals surface area (Å²) in [6, 6.07) is 18.1. The highest BCUT2D eigenvalue weighted by Gasteiger charge is 2.30. The average Bonchev–Trinajstić information content (AvgIpc) is 3.26. The quantitative estimate of drug-likeness (QED) is 0.0862. The lowest BCUT2D eigenvalue weighted by Crippen LogP contribution is -2.41. The minimum atomic E-state index is -4.63. The first-order valence-electron chi connectivity index (χ1n) is 21.1. The van der Waals surface area contributed by atoms with Crippen LogP contribution in [0.2, 0.25) is 5.02 Å². The number of halogens is 1. The lowest BCUT2D eigenvalue weighted by atomic mass is 9.91. The average molecular weight is 910 g/mol. The molecule has 1 atom stereocenters. The largest absolute Gasteiger partial charge is 0.455 e. The zero-order chi connectivity index (χ0) is 44.0. The molecule has 332 valence electrons. The fraction of sp³-hybridized carbons (Fsp3) is 0.455. The highest BCUT2D eigenvalue weighted by atomic mass is 35.5. The van der Waals surface area contributed by atoms with E-state index in [1.807, 2.05) is 12.1 Å². The molecule has 15 nitrogen and oxygen atoms in total. The normalized spacial score (nSPS) is 18.4. The standard InChI is InChI=1S/C44H53ClN6O9S2/c1-30(2)61(55,56)38-24-36(27-46-28-38)60-43-23-35(49-19-14-32(15-20-49)29-50-18-4-3-5-41(50)33-6-8-34(45)9-7-33)10-12-39(43)44(52)48-62(57,58)37-11-13-40(42(25-37)51(53)54)47-26-31-16-21-59-22-17-31/h6-13,23-25,27-28,30-32,41,47H,3-5,14-22,26,29H2,1-2H3,(H,48,52)/t41-/m0/s1. The Morgan fingerprint density at radius 1 is 0.903 bits per heavy atom. The third kappa shape index (κ3) is 10.9. The van der Waals surface area contributed by atoms with E-state index >= 15 is 0 Å². The molecule has 0 saturated carbocycles. The number of carbonyl (C=O) groups excluding carboxylic acids is 1. The molecule has 7 rings (SSSR count). The Kier molecular flexibility index (Phi) is 14.4. The maximum atomic E-state index is 13.9. The van der Waals surface area contributed by atoms with Gasteiger partial charge in [-0.1, -0.05) is 30.2 Å². The van der Waals surface area contributed by atoms with Gasteiger partial charge in [0.15, 0.2) is 9.84 Å². The van der Waals surface area contributed by atoms with E-state index in [0.717, 1.165) is 81.5 Å². The molecule has 1 aromatic heterocycles. The van der Waals surface area contributed by atoms with E-state index in [9.17, 15) is 31.7 Å².